The smallest absolute Gasteiger partial charge is 0.433 e. The van der Waals surface area contributed by atoms with Crippen LogP contribution >= 0.6 is 0 Å². The highest BCUT2D eigenvalue weighted by Crippen LogP contribution is 2.34. The van der Waals surface area contributed by atoms with Crippen molar-refractivity contribution in [1.29, 1.82) is 0 Å². The molecule has 0 aliphatic rings. The van der Waals surface area contributed by atoms with Crippen molar-refractivity contribution < 1.29 is 40.6 Å². The molecule has 0 aliphatic heterocycles. The SMILES string of the molecule is O=C(O)c1cc(F)cc(-c2cccc(-c3nc(-c4ccc(C(F)(F)F)nc4)cc(C(F)(F)F)n3)c2)c1. The van der Waals surface area contributed by atoms with Crippen molar-refractivity contribution in [3.8, 4) is 33.8 Å². The third kappa shape index (κ3) is 5.32. The first-order chi connectivity index (χ1) is 16.8. The van der Waals surface area contributed by atoms with Crippen LogP contribution in [0, 0.1) is 5.82 Å². The summed E-state index contributed by atoms with van der Waals surface area (Å²) >= 11 is 0. The molecule has 0 fully saturated rings. The monoisotopic (exact) mass is 507 g/mol. The maximum absolute atomic E-state index is 13.9. The van der Waals surface area contributed by atoms with Gasteiger partial charge in [0.15, 0.2) is 5.82 Å². The van der Waals surface area contributed by atoms with Gasteiger partial charge in [-0.1, -0.05) is 18.2 Å². The van der Waals surface area contributed by atoms with Gasteiger partial charge in [-0.05, 0) is 53.6 Å². The van der Waals surface area contributed by atoms with Crippen molar-refractivity contribution in [1.82, 2.24) is 15.0 Å². The zero-order valence-corrected chi connectivity index (χ0v) is 17.7. The summed E-state index contributed by atoms with van der Waals surface area (Å²) in [6, 6.07) is 10.8. The van der Waals surface area contributed by atoms with Crippen molar-refractivity contribution in [2.24, 2.45) is 0 Å². The van der Waals surface area contributed by atoms with Crippen molar-refractivity contribution in [3.63, 3.8) is 0 Å². The van der Waals surface area contributed by atoms with Crippen molar-refractivity contribution in [2.45, 2.75) is 12.4 Å². The largest absolute Gasteiger partial charge is 0.478 e. The molecule has 0 aliphatic carbocycles. The van der Waals surface area contributed by atoms with Gasteiger partial charge in [0.25, 0.3) is 0 Å². The molecule has 36 heavy (non-hydrogen) atoms. The van der Waals surface area contributed by atoms with Crippen LogP contribution in [-0.2, 0) is 12.4 Å². The fourth-order valence-corrected chi connectivity index (χ4v) is 3.30. The summed E-state index contributed by atoms with van der Waals surface area (Å²) < 4.78 is 93.0. The molecule has 0 amide bonds. The highest BCUT2D eigenvalue weighted by atomic mass is 19.4. The van der Waals surface area contributed by atoms with Crippen LogP contribution < -0.4 is 0 Å². The van der Waals surface area contributed by atoms with Crippen LogP contribution in [0.1, 0.15) is 21.7 Å². The average molecular weight is 507 g/mol. The third-order valence-electron chi connectivity index (χ3n) is 4.97. The number of pyridine rings is 1. The first-order valence-electron chi connectivity index (χ1n) is 9.96. The predicted molar refractivity (Wildman–Crippen MR) is 113 cm³/mol. The number of aromatic nitrogens is 3. The zero-order chi connectivity index (χ0) is 26.3. The highest BCUT2D eigenvalue weighted by molar-refractivity contribution is 5.89. The second kappa shape index (κ2) is 9.02. The number of halogens is 7. The number of rotatable bonds is 4. The minimum atomic E-state index is -4.90. The van der Waals surface area contributed by atoms with Gasteiger partial charge in [0.05, 0.1) is 11.3 Å². The van der Waals surface area contributed by atoms with Crippen LogP contribution in [-0.4, -0.2) is 26.0 Å². The van der Waals surface area contributed by atoms with Crippen LogP contribution in [0.2, 0.25) is 0 Å². The lowest BCUT2D eigenvalue weighted by atomic mass is 10.0. The normalized spacial score (nSPS) is 12.0. The van der Waals surface area contributed by atoms with E-state index in [0.29, 0.717) is 12.1 Å². The molecule has 0 radical (unpaired) electrons. The summed E-state index contributed by atoms with van der Waals surface area (Å²) in [4.78, 5) is 22.1. The van der Waals surface area contributed by atoms with Gasteiger partial charge in [-0.2, -0.15) is 26.3 Å². The summed E-state index contributed by atoms with van der Waals surface area (Å²) in [6.45, 7) is 0. The molecule has 0 saturated heterocycles. The van der Waals surface area contributed by atoms with E-state index in [1.807, 2.05) is 0 Å². The van der Waals surface area contributed by atoms with E-state index in [-0.39, 0.29) is 33.5 Å². The first-order valence-corrected chi connectivity index (χ1v) is 9.96. The second-order valence-electron chi connectivity index (χ2n) is 7.50. The van der Waals surface area contributed by atoms with Gasteiger partial charge < -0.3 is 5.11 Å². The average Bonchev–Trinajstić information content (AvgIpc) is 2.82. The molecule has 2 aromatic heterocycles. The summed E-state index contributed by atoms with van der Waals surface area (Å²) in [5.74, 6) is -2.61. The van der Waals surface area contributed by atoms with Gasteiger partial charge in [-0.3, -0.25) is 4.98 Å². The molecule has 12 heteroatoms. The molecule has 2 aromatic carbocycles. The Bertz CT molecular complexity index is 1450. The molecule has 4 rings (SSSR count). The van der Waals surface area contributed by atoms with Crippen LogP contribution in [0.5, 0.6) is 0 Å². The number of benzene rings is 2. The molecular weight excluding hydrogens is 495 g/mol. The predicted octanol–water partition coefficient (Wildman–Crippen LogP) is 6.75. The molecule has 5 nitrogen and oxygen atoms in total. The molecule has 0 spiro atoms. The second-order valence-corrected chi connectivity index (χ2v) is 7.50. The van der Waals surface area contributed by atoms with E-state index in [4.69, 9.17) is 5.11 Å². The number of hydrogen-bond donors (Lipinski definition) is 1. The van der Waals surface area contributed by atoms with E-state index >= 15 is 0 Å². The maximum Gasteiger partial charge on any atom is 0.433 e. The molecule has 184 valence electrons. The van der Waals surface area contributed by atoms with E-state index in [2.05, 4.69) is 15.0 Å². The van der Waals surface area contributed by atoms with Gasteiger partial charge in [0.2, 0.25) is 0 Å². The summed E-state index contributed by atoms with van der Waals surface area (Å²) in [5, 5.41) is 9.16. The zero-order valence-electron chi connectivity index (χ0n) is 17.7. The Morgan fingerprint density at radius 2 is 1.42 bits per heavy atom. The minimum Gasteiger partial charge on any atom is -0.478 e. The van der Waals surface area contributed by atoms with E-state index in [1.54, 1.807) is 0 Å². The van der Waals surface area contributed by atoms with Crippen LogP contribution in [0.25, 0.3) is 33.8 Å². The molecule has 0 unspecified atom stereocenters. The molecular formula is C24H12F7N3O2. The molecule has 2 heterocycles. The third-order valence-corrected chi connectivity index (χ3v) is 4.97. The lowest BCUT2D eigenvalue weighted by Crippen LogP contribution is -2.11. The number of carbonyl (C=O) groups is 1. The van der Waals surface area contributed by atoms with Gasteiger partial charge in [0.1, 0.15) is 17.2 Å². The fraction of sp³-hybridized carbons (Fsp3) is 0.0833. The first kappa shape index (κ1) is 24.8. The van der Waals surface area contributed by atoms with Crippen molar-refractivity contribution >= 4 is 5.97 Å². The van der Waals surface area contributed by atoms with Gasteiger partial charge in [-0.25, -0.2) is 19.2 Å². The quantitative estimate of drug-likeness (QED) is 0.310. The molecule has 0 saturated carbocycles. The summed E-state index contributed by atoms with van der Waals surface area (Å²) in [5.41, 5.74) is -2.83. The number of aromatic carboxylic acids is 1. The van der Waals surface area contributed by atoms with E-state index in [9.17, 15) is 35.5 Å². The molecule has 4 aromatic rings. The topological polar surface area (TPSA) is 76.0 Å². The number of carboxylic acid groups (broad SMARTS) is 1. The van der Waals surface area contributed by atoms with Gasteiger partial charge in [-0.15, -0.1) is 0 Å². The van der Waals surface area contributed by atoms with E-state index < -0.39 is 41.4 Å². The van der Waals surface area contributed by atoms with Crippen molar-refractivity contribution in [3.05, 3.63) is 89.6 Å². The Morgan fingerprint density at radius 3 is 2.03 bits per heavy atom. The molecule has 0 bridgehead atoms. The lowest BCUT2D eigenvalue weighted by Gasteiger charge is -2.12. The minimum absolute atomic E-state index is 0.0702. The van der Waals surface area contributed by atoms with Crippen LogP contribution in [0.15, 0.2) is 66.9 Å². The van der Waals surface area contributed by atoms with E-state index in [0.717, 1.165) is 24.4 Å². The standard InChI is InChI=1S/C24H12F7N3O2/c25-17-8-15(7-16(9-17)22(35)36)12-2-1-3-13(6-12)21-33-18(10-20(34-21)24(29,30)31)14-4-5-19(32-11-14)23(26,27)28/h1-11H,(H,35,36). The number of alkyl halides is 6. The highest BCUT2D eigenvalue weighted by Gasteiger charge is 2.35. The Hall–Kier alpha value is -4.35. The van der Waals surface area contributed by atoms with Crippen LogP contribution in [0.3, 0.4) is 0 Å². The summed E-state index contributed by atoms with van der Waals surface area (Å²) in [7, 11) is 0. The summed E-state index contributed by atoms with van der Waals surface area (Å²) in [6.07, 6.45) is -8.88. The number of nitrogens with zero attached hydrogens (tertiary/aromatic N) is 3. The Kier molecular flexibility index (Phi) is 6.21. The Morgan fingerprint density at radius 1 is 0.722 bits per heavy atom. The number of carboxylic acids is 1. The fourth-order valence-electron chi connectivity index (χ4n) is 3.30. The van der Waals surface area contributed by atoms with Crippen LogP contribution in [0.4, 0.5) is 30.7 Å². The van der Waals surface area contributed by atoms with E-state index in [1.165, 1.54) is 30.3 Å². The van der Waals surface area contributed by atoms with Gasteiger partial charge >= 0.3 is 18.3 Å². The lowest BCUT2D eigenvalue weighted by molar-refractivity contribution is -0.141. The molecule has 0 atom stereocenters. The maximum atomic E-state index is 13.9. The Balaban J connectivity index is 1.83. The molecule has 1 N–H and O–H groups in total. The Labute approximate surface area is 197 Å². The van der Waals surface area contributed by atoms with Crippen molar-refractivity contribution in [2.75, 3.05) is 0 Å². The van der Waals surface area contributed by atoms with Gasteiger partial charge in [0, 0.05) is 17.3 Å². The number of hydrogen-bond acceptors (Lipinski definition) is 4.